The highest BCUT2D eigenvalue weighted by molar-refractivity contribution is 9.10. The largest absolute Gasteiger partial charge is 0.330 e. The number of nitriles is 1. The molecule has 0 aliphatic rings. The number of nitrogens with zero attached hydrogens (tertiary/aromatic N) is 3. The third kappa shape index (κ3) is 3.44. The number of hydrogen-bond donors (Lipinski definition) is 0. The number of halogens is 1. The molecular weight excluding hydrogens is 338 g/mol. The molecule has 0 N–H and O–H groups in total. The summed E-state index contributed by atoms with van der Waals surface area (Å²) in [5.41, 5.74) is 3.02. The van der Waals surface area contributed by atoms with Crippen molar-refractivity contribution in [1.29, 1.82) is 5.26 Å². The van der Waals surface area contributed by atoms with Crippen LogP contribution in [0, 0.1) is 11.3 Å². The molecule has 0 unspecified atom stereocenters. The van der Waals surface area contributed by atoms with Crippen molar-refractivity contribution in [3.05, 3.63) is 87.9 Å². The second-order valence-electron chi connectivity index (χ2n) is 5.09. The van der Waals surface area contributed by atoms with Gasteiger partial charge in [0.25, 0.3) is 0 Å². The van der Waals surface area contributed by atoms with Gasteiger partial charge >= 0.3 is 0 Å². The van der Waals surface area contributed by atoms with Crippen LogP contribution < -0.4 is 0 Å². The highest BCUT2D eigenvalue weighted by Crippen LogP contribution is 2.15. The standard InChI is InChI=1S/C18H14BrN3/c19-17-6-4-14(5-7-17)11-18-21-8-9-22(18)13-16-3-1-2-15(10-16)12-20/h1-10H,11,13H2. The normalized spacial score (nSPS) is 10.4. The molecule has 2 aromatic carbocycles. The van der Waals surface area contributed by atoms with Crippen molar-refractivity contribution in [3.63, 3.8) is 0 Å². The molecule has 0 aliphatic carbocycles. The number of imidazole rings is 1. The maximum Gasteiger partial charge on any atom is 0.113 e. The molecule has 0 saturated heterocycles. The molecule has 0 amide bonds. The Morgan fingerprint density at radius 3 is 2.68 bits per heavy atom. The van der Waals surface area contributed by atoms with E-state index < -0.39 is 0 Å². The summed E-state index contributed by atoms with van der Waals surface area (Å²) < 4.78 is 3.20. The van der Waals surface area contributed by atoms with Gasteiger partial charge in [0.15, 0.2) is 0 Å². The third-order valence-electron chi connectivity index (χ3n) is 3.49. The lowest BCUT2D eigenvalue weighted by molar-refractivity contribution is 0.740. The maximum atomic E-state index is 8.99. The minimum absolute atomic E-state index is 0.687. The minimum Gasteiger partial charge on any atom is -0.330 e. The quantitative estimate of drug-likeness (QED) is 0.708. The van der Waals surface area contributed by atoms with E-state index in [1.54, 1.807) is 0 Å². The van der Waals surface area contributed by atoms with Crippen LogP contribution in [0.2, 0.25) is 0 Å². The molecule has 0 saturated carbocycles. The van der Waals surface area contributed by atoms with E-state index in [0.717, 1.165) is 28.8 Å². The zero-order valence-electron chi connectivity index (χ0n) is 11.9. The van der Waals surface area contributed by atoms with Crippen LogP contribution in [0.5, 0.6) is 0 Å². The van der Waals surface area contributed by atoms with Gasteiger partial charge in [-0.1, -0.05) is 40.2 Å². The molecule has 1 heterocycles. The minimum atomic E-state index is 0.687. The average Bonchev–Trinajstić information content (AvgIpc) is 2.97. The van der Waals surface area contributed by atoms with Gasteiger partial charge in [-0.05, 0) is 35.4 Å². The fraction of sp³-hybridized carbons (Fsp3) is 0.111. The Labute approximate surface area is 138 Å². The van der Waals surface area contributed by atoms with Gasteiger partial charge in [0.2, 0.25) is 0 Å². The smallest absolute Gasteiger partial charge is 0.113 e. The molecule has 0 fully saturated rings. The summed E-state index contributed by atoms with van der Waals surface area (Å²) in [6.45, 7) is 0.724. The van der Waals surface area contributed by atoms with Crippen molar-refractivity contribution in [2.45, 2.75) is 13.0 Å². The van der Waals surface area contributed by atoms with Crippen LogP contribution in [0.3, 0.4) is 0 Å². The first-order chi connectivity index (χ1) is 10.7. The predicted octanol–water partition coefficient (Wildman–Crippen LogP) is 4.16. The summed E-state index contributed by atoms with van der Waals surface area (Å²) in [6.07, 6.45) is 4.59. The van der Waals surface area contributed by atoms with Gasteiger partial charge in [0, 0.05) is 29.8 Å². The van der Waals surface area contributed by atoms with Crippen LogP contribution in [-0.2, 0) is 13.0 Å². The van der Waals surface area contributed by atoms with Crippen molar-refractivity contribution >= 4 is 15.9 Å². The first kappa shape index (κ1) is 14.6. The second-order valence-corrected chi connectivity index (χ2v) is 6.00. The Balaban J connectivity index is 1.80. The highest BCUT2D eigenvalue weighted by atomic mass is 79.9. The Hall–Kier alpha value is -2.38. The molecule has 108 valence electrons. The summed E-state index contributed by atoms with van der Waals surface area (Å²) in [6, 6.07) is 18.1. The second kappa shape index (κ2) is 6.59. The molecule has 0 radical (unpaired) electrons. The number of hydrogen-bond acceptors (Lipinski definition) is 2. The van der Waals surface area contributed by atoms with Crippen molar-refractivity contribution in [3.8, 4) is 6.07 Å². The molecule has 3 rings (SSSR count). The molecular formula is C18H14BrN3. The van der Waals surface area contributed by atoms with E-state index in [0.29, 0.717) is 5.56 Å². The lowest BCUT2D eigenvalue weighted by Crippen LogP contribution is -2.05. The zero-order chi connectivity index (χ0) is 15.4. The van der Waals surface area contributed by atoms with Crippen molar-refractivity contribution in [1.82, 2.24) is 9.55 Å². The fourth-order valence-electron chi connectivity index (χ4n) is 2.37. The monoisotopic (exact) mass is 351 g/mol. The molecule has 0 bridgehead atoms. The summed E-state index contributed by atoms with van der Waals surface area (Å²) >= 11 is 3.45. The van der Waals surface area contributed by atoms with Crippen LogP contribution in [0.1, 0.15) is 22.5 Å². The van der Waals surface area contributed by atoms with E-state index in [4.69, 9.17) is 5.26 Å². The van der Waals surface area contributed by atoms with Gasteiger partial charge in [-0.15, -0.1) is 0 Å². The highest BCUT2D eigenvalue weighted by Gasteiger charge is 2.05. The van der Waals surface area contributed by atoms with Crippen molar-refractivity contribution in [2.75, 3.05) is 0 Å². The molecule has 4 heteroatoms. The maximum absolute atomic E-state index is 8.99. The lowest BCUT2D eigenvalue weighted by atomic mass is 10.1. The Morgan fingerprint density at radius 1 is 1.09 bits per heavy atom. The van der Waals surface area contributed by atoms with Crippen LogP contribution in [0.25, 0.3) is 0 Å². The zero-order valence-corrected chi connectivity index (χ0v) is 13.5. The topological polar surface area (TPSA) is 41.6 Å². The Morgan fingerprint density at radius 2 is 1.91 bits per heavy atom. The molecule has 3 nitrogen and oxygen atoms in total. The van der Waals surface area contributed by atoms with E-state index >= 15 is 0 Å². The van der Waals surface area contributed by atoms with Gasteiger partial charge in [-0.2, -0.15) is 5.26 Å². The van der Waals surface area contributed by atoms with Gasteiger partial charge in [0.05, 0.1) is 11.6 Å². The SMILES string of the molecule is N#Cc1cccc(Cn2ccnc2Cc2ccc(Br)cc2)c1. The van der Waals surface area contributed by atoms with E-state index in [2.05, 4.69) is 43.7 Å². The van der Waals surface area contributed by atoms with Crippen LogP contribution >= 0.6 is 15.9 Å². The van der Waals surface area contributed by atoms with Crippen molar-refractivity contribution in [2.24, 2.45) is 0 Å². The molecule has 0 aliphatic heterocycles. The Bertz CT molecular complexity index is 813. The molecule has 3 aromatic rings. The van der Waals surface area contributed by atoms with E-state index in [1.165, 1.54) is 5.56 Å². The van der Waals surface area contributed by atoms with E-state index in [9.17, 15) is 0 Å². The van der Waals surface area contributed by atoms with Gasteiger partial charge in [-0.3, -0.25) is 0 Å². The fourth-order valence-corrected chi connectivity index (χ4v) is 2.64. The average molecular weight is 352 g/mol. The van der Waals surface area contributed by atoms with Gasteiger partial charge < -0.3 is 4.57 Å². The van der Waals surface area contributed by atoms with Crippen molar-refractivity contribution < 1.29 is 0 Å². The van der Waals surface area contributed by atoms with Gasteiger partial charge in [-0.25, -0.2) is 4.98 Å². The number of benzene rings is 2. The van der Waals surface area contributed by atoms with E-state index in [-0.39, 0.29) is 0 Å². The number of aromatic nitrogens is 2. The van der Waals surface area contributed by atoms with E-state index in [1.807, 2.05) is 48.8 Å². The first-order valence-electron chi connectivity index (χ1n) is 6.98. The van der Waals surface area contributed by atoms with Crippen LogP contribution in [-0.4, -0.2) is 9.55 Å². The molecule has 22 heavy (non-hydrogen) atoms. The lowest BCUT2D eigenvalue weighted by Gasteiger charge is -2.08. The summed E-state index contributed by atoms with van der Waals surface area (Å²) in [4.78, 5) is 4.46. The third-order valence-corrected chi connectivity index (χ3v) is 4.01. The van der Waals surface area contributed by atoms with Gasteiger partial charge in [0.1, 0.15) is 5.82 Å². The Kier molecular flexibility index (Phi) is 4.36. The van der Waals surface area contributed by atoms with Crippen LogP contribution in [0.4, 0.5) is 0 Å². The summed E-state index contributed by atoms with van der Waals surface area (Å²) in [7, 11) is 0. The molecule has 1 aromatic heterocycles. The molecule has 0 atom stereocenters. The predicted molar refractivity (Wildman–Crippen MR) is 89.4 cm³/mol. The summed E-state index contributed by atoms with van der Waals surface area (Å²) in [5.74, 6) is 1.02. The number of rotatable bonds is 4. The summed E-state index contributed by atoms with van der Waals surface area (Å²) in [5, 5.41) is 8.99. The molecule has 0 spiro atoms. The van der Waals surface area contributed by atoms with Crippen LogP contribution in [0.15, 0.2) is 65.4 Å². The first-order valence-corrected chi connectivity index (χ1v) is 7.77.